The molecular weight excluding hydrogens is 230 g/mol. The molecule has 0 radical (unpaired) electrons. The largest absolute Gasteiger partial charge is 0.316 e. The number of thiocarbonyl (C=S) groups is 1. The van der Waals surface area contributed by atoms with Crippen molar-refractivity contribution in [1.82, 2.24) is 10.6 Å². The van der Waals surface area contributed by atoms with Gasteiger partial charge >= 0.3 is 0 Å². The molecule has 0 aromatic rings. The second-order valence-electron chi connectivity index (χ2n) is 6.65. The van der Waals surface area contributed by atoms with Crippen LogP contribution in [0.4, 0.5) is 0 Å². The molecule has 5 rings (SSSR count). The van der Waals surface area contributed by atoms with Crippen molar-refractivity contribution in [2.24, 2.45) is 23.7 Å². The fourth-order valence-electron chi connectivity index (χ4n) is 5.34. The number of quaternary nitrogens is 1. The van der Waals surface area contributed by atoms with Gasteiger partial charge in [-0.2, -0.15) is 0 Å². The molecule has 1 heterocycles. The molecule has 94 valence electrons. The Bertz CT molecular complexity index is 306. The van der Waals surface area contributed by atoms with Gasteiger partial charge < -0.3 is 10.6 Å². The predicted octanol–water partition coefficient (Wildman–Crippen LogP) is 0.0887. The maximum atomic E-state index is 5.15. The van der Waals surface area contributed by atoms with Crippen LogP contribution in [-0.2, 0) is 0 Å². The van der Waals surface area contributed by atoms with Crippen molar-refractivity contribution in [3.8, 4) is 0 Å². The van der Waals surface area contributed by atoms with Crippen LogP contribution >= 0.6 is 12.2 Å². The Labute approximate surface area is 108 Å². The van der Waals surface area contributed by atoms with Crippen LogP contribution < -0.4 is 15.5 Å². The highest BCUT2D eigenvalue weighted by molar-refractivity contribution is 7.80. The number of nitrogens with one attached hydrogen (secondary N) is 3. The standard InChI is InChI=1S/C13H21N3S/c17-13-14-6-16(7-15-13)12-10-2-8-1-9(4-10)5-11(12)3-8/h8-12H,1-7H2,(H2,14,15,17)/p+1. The summed E-state index contributed by atoms with van der Waals surface area (Å²) >= 11 is 5.15. The first-order chi connectivity index (χ1) is 8.29. The van der Waals surface area contributed by atoms with E-state index in [2.05, 4.69) is 10.6 Å². The Morgan fingerprint density at radius 2 is 1.41 bits per heavy atom. The highest BCUT2D eigenvalue weighted by Crippen LogP contribution is 2.52. The minimum absolute atomic E-state index is 0.845. The molecule has 5 aliphatic rings. The van der Waals surface area contributed by atoms with Gasteiger partial charge in [-0.05, 0) is 56.2 Å². The molecule has 4 saturated carbocycles. The van der Waals surface area contributed by atoms with E-state index >= 15 is 0 Å². The van der Waals surface area contributed by atoms with Gasteiger partial charge in [0.25, 0.3) is 0 Å². The SMILES string of the molecule is S=C1NC[NH+](C2C3CC4CC(C3)CC2C4)CN1. The van der Waals surface area contributed by atoms with Crippen molar-refractivity contribution in [1.29, 1.82) is 0 Å². The van der Waals surface area contributed by atoms with Gasteiger partial charge in [0.1, 0.15) is 0 Å². The van der Waals surface area contributed by atoms with E-state index in [1.165, 1.54) is 25.7 Å². The lowest BCUT2D eigenvalue weighted by molar-refractivity contribution is -0.942. The lowest BCUT2D eigenvalue weighted by Gasteiger charge is -2.55. The molecule has 1 saturated heterocycles. The second kappa shape index (κ2) is 3.82. The van der Waals surface area contributed by atoms with Gasteiger partial charge in [0.05, 0.1) is 6.04 Å². The minimum Gasteiger partial charge on any atom is -0.316 e. The van der Waals surface area contributed by atoms with E-state index in [-0.39, 0.29) is 0 Å². The number of hydrogen-bond acceptors (Lipinski definition) is 1. The minimum atomic E-state index is 0.845. The van der Waals surface area contributed by atoms with Gasteiger partial charge in [-0.25, -0.2) is 0 Å². The molecular formula is C13H22N3S+. The lowest BCUT2D eigenvalue weighted by atomic mass is 9.54. The van der Waals surface area contributed by atoms with Gasteiger partial charge in [0.15, 0.2) is 18.4 Å². The Hall–Kier alpha value is -0.350. The first-order valence-corrected chi connectivity index (χ1v) is 7.56. The third-order valence-electron chi connectivity index (χ3n) is 5.65. The zero-order valence-corrected chi connectivity index (χ0v) is 11.1. The summed E-state index contributed by atoms with van der Waals surface area (Å²) in [7, 11) is 0. The first kappa shape index (κ1) is 10.6. The van der Waals surface area contributed by atoms with Crippen LogP contribution in [0.25, 0.3) is 0 Å². The third-order valence-corrected chi connectivity index (χ3v) is 5.94. The fourth-order valence-corrected chi connectivity index (χ4v) is 5.48. The molecule has 0 aromatic carbocycles. The highest BCUT2D eigenvalue weighted by atomic mass is 32.1. The van der Waals surface area contributed by atoms with Crippen molar-refractivity contribution in [3.05, 3.63) is 0 Å². The molecule has 1 aliphatic heterocycles. The number of hydrogen-bond donors (Lipinski definition) is 3. The Balaban J connectivity index is 1.52. The van der Waals surface area contributed by atoms with E-state index in [0.717, 1.165) is 48.2 Å². The lowest BCUT2D eigenvalue weighted by Crippen LogP contribution is -3.22. The normalized spacial score (nSPS) is 48.9. The molecule has 17 heavy (non-hydrogen) atoms. The first-order valence-electron chi connectivity index (χ1n) is 7.16. The summed E-state index contributed by atoms with van der Waals surface area (Å²) in [5.41, 5.74) is 0. The van der Waals surface area contributed by atoms with Crippen LogP contribution in [0.5, 0.6) is 0 Å². The average Bonchev–Trinajstić information content (AvgIpc) is 2.30. The molecule has 0 amide bonds. The van der Waals surface area contributed by atoms with Gasteiger partial charge in [0.2, 0.25) is 0 Å². The Morgan fingerprint density at radius 3 is 1.94 bits per heavy atom. The average molecular weight is 252 g/mol. The Morgan fingerprint density at radius 1 is 0.882 bits per heavy atom. The quantitative estimate of drug-likeness (QED) is 0.578. The summed E-state index contributed by atoms with van der Waals surface area (Å²) in [6.45, 7) is 2.08. The number of rotatable bonds is 1. The van der Waals surface area contributed by atoms with Crippen LogP contribution in [-0.4, -0.2) is 24.5 Å². The van der Waals surface area contributed by atoms with Crippen LogP contribution in [0.15, 0.2) is 0 Å². The molecule has 3 N–H and O–H groups in total. The van der Waals surface area contributed by atoms with Crippen LogP contribution in [0.3, 0.4) is 0 Å². The summed E-state index contributed by atoms with van der Waals surface area (Å²) in [6, 6.07) is 0.908. The smallest absolute Gasteiger partial charge is 0.174 e. The zero-order valence-electron chi connectivity index (χ0n) is 10.2. The molecule has 0 unspecified atom stereocenters. The highest BCUT2D eigenvalue weighted by Gasteiger charge is 2.52. The zero-order chi connectivity index (χ0) is 11.4. The monoisotopic (exact) mass is 252 g/mol. The van der Waals surface area contributed by atoms with Crippen molar-refractivity contribution >= 4 is 17.3 Å². The van der Waals surface area contributed by atoms with Gasteiger partial charge in [-0.1, -0.05) is 0 Å². The molecule has 4 bridgehead atoms. The van der Waals surface area contributed by atoms with E-state index in [1.807, 2.05) is 0 Å². The molecule has 4 aliphatic carbocycles. The summed E-state index contributed by atoms with van der Waals surface area (Å²) < 4.78 is 0. The summed E-state index contributed by atoms with van der Waals surface area (Å²) in [6.07, 6.45) is 7.63. The van der Waals surface area contributed by atoms with Gasteiger partial charge in [-0.3, -0.25) is 4.90 Å². The second-order valence-corrected chi connectivity index (χ2v) is 7.06. The summed E-state index contributed by atoms with van der Waals surface area (Å²) in [4.78, 5) is 1.72. The summed E-state index contributed by atoms with van der Waals surface area (Å²) in [5.74, 6) is 4.19. The summed E-state index contributed by atoms with van der Waals surface area (Å²) in [5, 5.41) is 7.49. The third kappa shape index (κ3) is 1.68. The van der Waals surface area contributed by atoms with E-state index in [1.54, 1.807) is 11.3 Å². The molecule has 4 heteroatoms. The van der Waals surface area contributed by atoms with Crippen molar-refractivity contribution in [3.63, 3.8) is 0 Å². The molecule has 0 spiro atoms. The topological polar surface area (TPSA) is 28.5 Å². The maximum absolute atomic E-state index is 5.15. The van der Waals surface area contributed by atoms with Crippen molar-refractivity contribution < 1.29 is 4.90 Å². The van der Waals surface area contributed by atoms with E-state index in [0.29, 0.717) is 0 Å². The van der Waals surface area contributed by atoms with Crippen LogP contribution in [0.2, 0.25) is 0 Å². The molecule has 5 fully saturated rings. The maximum Gasteiger partial charge on any atom is 0.174 e. The van der Waals surface area contributed by atoms with Crippen LogP contribution in [0.1, 0.15) is 32.1 Å². The van der Waals surface area contributed by atoms with E-state index in [4.69, 9.17) is 12.2 Å². The Kier molecular flexibility index (Phi) is 2.37. The molecule has 0 atom stereocenters. The molecule has 3 nitrogen and oxygen atoms in total. The molecule has 0 aromatic heterocycles. The van der Waals surface area contributed by atoms with E-state index < -0.39 is 0 Å². The van der Waals surface area contributed by atoms with Gasteiger partial charge in [0, 0.05) is 11.8 Å². The van der Waals surface area contributed by atoms with Crippen molar-refractivity contribution in [2.45, 2.75) is 38.1 Å². The van der Waals surface area contributed by atoms with E-state index in [9.17, 15) is 0 Å². The predicted molar refractivity (Wildman–Crippen MR) is 70.4 cm³/mol. The fraction of sp³-hybridized carbons (Fsp3) is 0.923. The van der Waals surface area contributed by atoms with Gasteiger partial charge in [-0.15, -0.1) is 0 Å². The van der Waals surface area contributed by atoms with Crippen molar-refractivity contribution in [2.75, 3.05) is 13.3 Å². The van der Waals surface area contributed by atoms with Crippen LogP contribution in [0, 0.1) is 23.7 Å².